The van der Waals surface area contributed by atoms with E-state index in [1.807, 2.05) is 0 Å². The van der Waals surface area contributed by atoms with Gasteiger partial charge >= 0.3 is 0 Å². The second kappa shape index (κ2) is 2.77. The summed E-state index contributed by atoms with van der Waals surface area (Å²) in [7, 11) is 5.98. The Morgan fingerprint density at radius 2 is 1.36 bits per heavy atom. The fourth-order valence-corrected chi connectivity index (χ4v) is 4.45. The SMILES string of the molecule is [B]P1C(C)(C)CCCC1(C)C. The molecule has 1 fully saturated rings. The quantitative estimate of drug-likeness (QED) is 0.384. The molecule has 2 radical (unpaired) electrons. The zero-order valence-corrected chi connectivity index (χ0v) is 9.04. The van der Waals surface area contributed by atoms with Gasteiger partial charge in [-0.15, -0.1) is 7.80 Å². The molecule has 0 spiro atoms. The minimum Gasteiger partial charge on any atom is -0.145 e. The van der Waals surface area contributed by atoms with Gasteiger partial charge in [0.25, 0.3) is 0 Å². The Balaban J connectivity index is 2.76. The molecule has 62 valence electrons. The van der Waals surface area contributed by atoms with E-state index in [2.05, 4.69) is 27.7 Å². The summed E-state index contributed by atoms with van der Waals surface area (Å²) in [5.41, 5.74) is 0. The van der Waals surface area contributed by atoms with Crippen molar-refractivity contribution >= 4 is 15.4 Å². The molecule has 0 nitrogen and oxygen atoms in total. The second-order valence-corrected chi connectivity index (χ2v) is 8.01. The van der Waals surface area contributed by atoms with Crippen LogP contribution in [0.1, 0.15) is 47.0 Å². The lowest BCUT2D eigenvalue weighted by atomic mass is 9.98. The highest BCUT2D eigenvalue weighted by Gasteiger charge is 2.39. The van der Waals surface area contributed by atoms with Crippen LogP contribution in [0.25, 0.3) is 0 Å². The molecule has 1 rings (SSSR count). The second-order valence-electron chi connectivity index (χ2n) is 4.85. The minimum absolute atomic E-state index is 0.278. The topological polar surface area (TPSA) is 0 Å². The molecule has 0 aliphatic carbocycles. The first-order chi connectivity index (χ1) is 4.86. The fourth-order valence-electron chi connectivity index (χ4n) is 2.01. The first kappa shape index (κ1) is 9.58. The van der Waals surface area contributed by atoms with Crippen molar-refractivity contribution in [1.82, 2.24) is 0 Å². The lowest BCUT2D eigenvalue weighted by Crippen LogP contribution is -2.34. The van der Waals surface area contributed by atoms with Crippen molar-refractivity contribution in [2.75, 3.05) is 0 Å². The van der Waals surface area contributed by atoms with Gasteiger partial charge in [-0.05, 0) is 23.2 Å². The molecule has 0 aromatic heterocycles. The van der Waals surface area contributed by atoms with Crippen LogP contribution >= 0.6 is 7.80 Å². The minimum atomic E-state index is -0.278. The number of hydrogen-bond acceptors (Lipinski definition) is 0. The average Bonchev–Trinajstić information content (AvgIpc) is 1.82. The molecule has 1 aliphatic rings. The molecule has 0 saturated carbocycles. The van der Waals surface area contributed by atoms with Gasteiger partial charge in [-0.2, -0.15) is 0 Å². The van der Waals surface area contributed by atoms with Crippen LogP contribution in [0.5, 0.6) is 0 Å². The molecule has 0 aromatic carbocycles. The Kier molecular flexibility index (Phi) is 2.41. The van der Waals surface area contributed by atoms with Crippen molar-refractivity contribution in [3.63, 3.8) is 0 Å². The zero-order chi connectivity index (χ0) is 8.70. The smallest absolute Gasteiger partial charge is 0.110 e. The van der Waals surface area contributed by atoms with E-state index in [1.165, 1.54) is 19.3 Å². The summed E-state index contributed by atoms with van der Waals surface area (Å²) in [5.74, 6) is 0. The third-order valence-electron chi connectivity index (χ3n) is 2.88. The summed E-state index contributed by atoms with van der Waals surface area (Å²) in [4.78, 5) is 0. The maximum Gasteiger partial charge on any atom is 0.110 e. The van der Waals surface area contributed by atoms with Crippen LogP contribution in [0.15, 0.2) is 0 Å². The maximum absolute atomic E-state index is 6.26. The Morgan fingerprint density at radius 1 is 1.00 bits per heavy atom. The van der Waals surface area contributed by atoms with Gasteiger partial charge in [-0.1, -0.05) is 34.1 Å². The van der Waals surface area contributed by atoms with Gasteiger partial charge < -0.3 is 0 Å². The average molecular weight is 168 g/mol. The van der Waals surface area contributed by atoms with Gasteiger partial charge in [0, 0.05) is 0 Å². The highest BCUT2D eigenvalue weighted by molar-refractivity contribution is 7.84. The molecule has 0 N–H and O–H groups in total. The third-order valence-corrected chi connectivity index (χ3v) is 5.94. The van der Waals surface area contributed by atoms with Crippen LogP contribution in [0.4, 0.5) is 0 Å². The molecular formula is C9H18BP. The standard InChI is InChI=1S/C9H18BP/c1-8(2)6-5-7-9(3,4)11(8)10/h5-7H2,1-4H3. The van der Waals surface area contributed by atoms with Gasteiger partial charge in [0.1, 0.15) is 7.57 Å². The maximum atomic E-state index is 6.26. The van der Waals surface area contributed by atoms with Crippen molar-refractivity contribution in [3.05, 3.63) is 0 Å². The van der Waals surface area contributed by atoms with Gasteiger partial charge in [-0.3, -0.25) is 0 Å². The first-order valence-electron chi connectivity index (χ1n) is 4.41. The molecule has 0 atom stereocenters. The van der Waals surface area contributed by atoms with Gasteiger partial charge in [-0.25, -0.2) is 0 Å². The summed E-state index contributed by atoms with van der Waals surface area (Å²) in [6.45, 7) is 9.28. The van der Waals surface area contributed by atoms with E-state index in [4.69, 9.17) is 7.57 Å². The highest BCUT2D eigenvalue weighted by Crippen LogP contribution is 2.62. The molecule has 1 heterocycles. The predicted octanol–water partition coefficient (Wildman–Crippen LogP) is 3.29. The summed E-state index contributed by atoms with van der Waals surface area (Å²) < 4.78 is 0. The van der Waals surface area contributed by atoms with Gasteiger partial charge in [0.15, 0.2) is 0 Å². The lowest BCUT2D eigenvalue weighted by molar-refractivity contribution is 0.473. The Bertz CT molecular complexity index is 136. The molecule has 11 heavy (non-hydrogen) atoms. The van der Waals surface area contributed by atoms with Gasteiger partial charge in [0.05, 0.1) is 0 Å². The highest BCUT2D eigenvalue weighted by atomic mass is 31.1. The van der Waals surface area contributed by atoms with E-state index in [0.29, 0.717) is 10.3 Å². The lowest BCUT2D eigenvalue weighted by Gasteiger charge is -2.48. The largest absolute Gasteiger partial charge is 0.145 e. The summed E-state index contributed by atoms with van der Waals surface area (Å²) in [6.07, 6.45) is 3.99. The van der Waals surface area contributed by atoms with Crippen LogP contribution in [-0.2, 0) is 0 Å². The van der Waals surface area contributed by atoms with Gasteiger partial charge in [0.2, 0.25) is 0 Å². The van der Waals surface area contributed by atoms with Crippen molar-refractivity contribution in [2.45, 2.75) is 57.3 Å². The van der Waals surface area contributed by atoms with Crippen LogP contribution in [0.3, 0.4) is 0 Å². The van der Waals surface area contributed by atoms with Crippen molar-refractivity contribution in [3.8, 4) is 0 Å². The third kappa shape index (κ3) is 1.80. The molecular weight excluding hydrogens is 150 g/mol. The Labute approximate surface area is 73.3 Å². The van der Waals surface area contributed by atoms with E-state index in [1.54, 1.807) is 0 Å². The zero-order valence-electron chi connectivity index (χ0n) is 8.15. The molecule has 1 aliphatic heterocycles. The summed E-state index contributed by atoms with van der Waals surface area (Å²) in [5, 5.41) is 0.828. The predicted molar refractivity (Wildman–Crippen MR) is 54.7 cm³/mol. The molecule has 1 saturated heterocycles. The van der Waals surface area contributed by atoms with Crippen molar-refractivity contribution in [2.24, 2.45) is 0 Å². The van der Waals surface area contributed by atoms with E-state index >= 15 is 0 Å². The van der Waals surface area contributed by atoms with Crippen LogP contribution in [0.2, 0.25) is 0 Å². The number of rotatable bonds is 0. The Hall–Kier alpha value is 0.495. The van der Waals surface area contributed by atoms with E-state index in [9.17, 15) is 0 Å². The summed E-state index contributed by atoms with van der Waals surface area (Å²) in [6, 6.07) is 0. The van der Waals surface area contributed by atoms with Crippen LogP contribution < -0.4 is 0 Å². The normalized spacial score (nSPS) is 30.2. The Morgan fingerprint density at radius 3 is 1.64 bits per heavy atom. The molecule has 0 bridgehead atoms. The molecule has 0 unspecified atom stereocenters. The van der Waals surface area contributed by atoms with E-state index < -0.39 is 0 Å². The van der Waals surface area contributed by atoms with Crippen LogP contribution in [-0.4, -0.2) is 17.9 Å². The van der Waals surface area contributed by atoms with E-state index in [-0.39, 0.29) is 7.80 Å². The van der Waals surface area contributed by atoms with Crippen LogP contribution in [0, 0.1) is 0 Å². The molecule has 0 aromatic rings. The fraction of sp³-hybridized carbons (Fsp3) is 1.00. The van der Waals surface area contributed by atoms with E-state index in [0.717, 1.165) is 0 Å². The number of hydrogen-bond donors (Lipinski definition) is 0. The monoisotopic (exact) mass is 168 g/mol. The van der Waals surface area contributed by atoms with Crippen molar-refractivity contribution in [1.29, 1.82) is 0 Å². The first-order valence-corrected chi connectivity index (χ1v) is 5.82. The molecule has 2 heteroatoms. The molecule has 0 amide bonds. The van der Waals surface area contributed by atoms with Crippen molar-refractivity contribution < 1.29 is 0 Å². The summed E-state index contributed by atoms with van der Waals surface area (Å²) >= 11 is 0.